The molecular weight excluding hydrogens is 478 g/mol. The molecule has 2 aromatic carbocycles. The molecule has 1 aliphatic rings. The predicted octanol–water partition coefficient (Wildman–Crippen LogP) is 5.14. The maximum Gasteiger partial charge on any atom is 0.262 e. The van der Waals surface area contributed by atoms with Gasteiger partial charge in [-0.05, 0) is 37.1 Å². The van der Waals surface area contributed by atoms with E-state index in [2.05, 4.69) is 26.2 Å². The maximum absolute atomic E-state index is 13.2. The Morgan fingerprint density at radius 3 is 2.16 bits per heavy atom. The van der Waals surface area contributed by atoms with Gasteiger partial charge in [-0.3, -0.25) is 19.3 Å². The molecule has 1 unspecified atom stereocenters. The van der Waals surface area contributed by atoms with E-state index in [4.69, 9.17) is 0 Å². The number of aromatic nitrogens is 1. The number of carbonyl (C=O) groups excluding carboxylic acids is 3. The summed E-state index contributed by atoms with van der Waals surface area (Å²) in [6, 6.07) is 13.5. The molecule has 31 heavy (non-hydrogen) atoms. The van der Waals surface area contributed by atoms with Crippen molar-refractivity contribution in [3.63, 3.8) is 0 Å². The van der Waals surface area contributed by atoms with E-state index in [-0.39, 0.29) is 5.92 Å². The number of benzene rings is 2. The zero-order chi connectivity index (χ0) is 22.3. The average Bonchev–Trinajstić information content (AvgIpc) is 3.21. The minimum absolute atomic E-state index is 0.269. The second kappa shape index (κ2) is 8.36. The third kappa shape index (κ3) is 3.93. The van der Waals surface area contributed by atoms with E-state index in [1.54, 1.807) is 24.3 Å². The molecule has 1 aliphatic heterocycles. The van der Waals surface area contributed by atoms with Crippen LogP contribution in [-0.2, 0) is 4.79 Å². The lowest BCUT2D eigenvalue weighted by Crippen LogP contribution is -2.50. The van der Waals surface area contributed by atoms with Gasteiger partial charge >= 0.3 is 0 Å². The van der Waals surface area contributed by atoms with Crippen molar-refractivity contribution >= 4 is 50.1 Å². The van der Waals surface area contributed by atoms with Crippen molar-refractivity contribution < 1.29 is 14.4 Å². The highest BCUT2D eigenvalue weighted by Crippen LogP contribution is 2.32. The number of fused-ring (bicyclic) bond motifs is 1. The van der Waals surface area contributed by atoms with Gasteiger partial charge in [0, 0.05) is 14.9 Å². The monoisotopic (exact) mass is 497 g/mol. The van der Waals surface area contributed by atoms with Gasteiger partial charge in [0.05, 0.1) is 16.8 Å². The summed E-state index contributed by atoms with van der Waals surface area (Å²) in [4.78, 5) is 45.6. The number of halogens is 1. The molecule has 6 nitrogen and oxygen atoms in total. The van der Waals surface area contributed by atoms with Crippen LogP contribution in [0.2, 0.25) is 0 Å². The number of hydrogen-bond donors (Lipinski definition) is 1. The van der Waals surface area contributed by atoms with Gasteiger partial charge in [0.15, 0.2) is 5.13 Å². The number of nitrogens with zero attached hydrogens (tertiary/aromatic N) is 2. The third-order valence-corrected chi connectivity index (χ3v) is 6.56. The van der Waals surface area contributed by atoms with Crippen LogP contribution in [0.15, 0.2) is 53.0 Å². The number of aryl methyl sites for hydroxylation is 1. The second-order valence-electron chi connectivity index (χ2n) is 7.63. The van der Waals surface area contributed by atoms with Gasteiger partial charge in [-0.25, -0.2) is 4.98 Å². The van der Waals surface area contributed by atoms with Gasteiger partial charge in [0.25, 0.3) is 11.8 Å². The molecule has 1 aromatic heterocycles. The molecule has 158 valence electrons. The molecule has 0 aliphatic carbocycles. The van der Waals surface area contributed by atoms with Crippen molar-refractivity contribution in [3.05, 3.63) is 69.0 Å². The average molecular weight is 498 g/mol. The van der Waals surface area contributed by atoms with Crippen LogP contribution in [-0.4, -0.2) is 33.6 Å². The molecule has 4 rings (SSSR count). The van der Waals surface area contributed by atoms with E-state index in [1.807, 2.05) is 45.0 Å². The first kappa shape index (κ1) is 21.4. The number of anilines is 1. The Hall–Kier alpha value is -2.84. The fourth-order valence-electron chi connectivity index (χ4n) is 3.68. The van der Waals surface area contributed by atoms with E-state index in [1.165, 1.54) is 11.3 Å². The minimum Gasteiger partial charge on any atom is -0.300 e. The quantitative estimate of drug-likeness (QED) is 0.494. The van der Waals surface area contributed by atoms with Gasteiger partial charge < -0.3 is 5.32 Å². The Balaban J connectivity index is 1.60. The summed E-state index contributed by atoms with van der Waals surface area (Å²) in [5.74, 6) is -1.59. The molecule has 1 N–H and O–H groups in total. The van der Waals surface area contributed by atoms with Crippen molar-refractivity contribution in [1.82, 2.24) is 9.88 Å². The Morgan fingerprint density at radius 2 is 1.61 bits per heavy atom. The zero-order valence-electron chi connectivity index (χ0n) is 17.2. The topological polar surface area (TPSA) is 79.4 Å². The van der Waals surface area contributed by atoms with E-state index >= 15 is 0 Å². The number of imide groups is 1. The summed E-state index contributed by atoms with van der Waals surface area (Å²) in [5, 5.41) is 3.26. The van der Waals surface area contributed by atoms with Crippen LogP contribution in [0.1, 0.15) is 39.4 Å². The lowest BCUT2D eigenvalue weighted by molar-refractivity contribution is -0.121. The van der Waals surface area contributed by atoms with E-state index in [0.29, 0.717) is 16.3 Å². The molecule has 0 saturated heterocycles. The maximum atomic E-state index is 13.2. The zero-order valence-corrected chi connectivity index (χ0v) is 19.6. The Labute approximate surface area is 192 Å². The third-order valence-electron chi connectivity index (χ3n) is 5.15. The molecular formula is C23H20BrN3O3S. The van der Waals surface area contributed by atoms with Crippen LogP contribution in [0.25, 0.3) is 11.3 Å². The SMILES string of the molecule is Cc1sc(NC(=O)C(C(C)C)N2C(=O)c3ccccc3C2=O)nc1-c1ccc(Br)cc1. The Bertz CT molecular complexity index is 1150. The number of rotatable bonds is 5. The van der Waals surface area contributed by atoms with Crippen LogP contribution in [0.5, 0.6) is 0 Å². The standard InChI is InChI=1S/C23H20BrN3O3S/c1-12(2)19(27-21(29)16-6-4-5-7-17(16)22(27)30)20(28)26-23-25-18(13(3)31-23)14-8-10-15(24)11-9-14/h4-12,19H,1-3H3,(H,25,26,28). The van der Waals surface area contributed by atoms with Gasteiger partial charge in [-0.15, -0.1) is 11.3 Å². The normalized spacial score (nSPS) is 14.2. The van der Waals surface area contributed by atoms with Crippen molar-refractivity contribution in [1.29, 1.82) is 0 Å². The Kier molecular flexibility index (Phi) is 5.77. The van der Waals surface area contributed by atoms with Crippen LogP contribution < -0.4 is 5.32 Å². The molecule has 0 fully saturated rings. The largest absolute Gasteiger partial charge is 0.300 e. The fourth-order valence-corrected chi connectivity index (χ4v) is 4.79. The molecule has 0 bridgehead atoms. The first-order valence-corrected chi connectivity index (χ1v) is 11.4. The van der Waals surface area contributed by atoms with E-state index in [9.17, 15) is 14.4 Å². The number of amides is 3. The van der Waals surface area contributed by atoms with Crippen LogP contribution in [0.4, 0.5) is 5.13 Å². The van der Waals surface area contributed by atoms with Gasteiger partial charge in [0.2, 0.25) is 5.91 Å². The summed E-state index contributed by atoms with van der Waals surface area (Å²) in [6.07, 6.45) is 0. The minimum atomic E-state index is -0.937. The van der Waals surface area contributed by atoms with Crippen molar-refractivity contribution in [2.24, 2.45) is 5.92 Å². The number of carbonyl (C=O) groups is 3. The number of nitrogens with one attached hydrogen (secondary N) is 1. The smallest absolute Gasteiger partial charge is 0.262 e. The molecule has 0 spiro atoms. The van der Waals surface area contributed by atoms with Crippen LogP contribution in [0.3, 0.4) is 0 Å². The molecule has 8 heteroatoms. The fraction of sp³-hybridized carbons (Fsp3) is 0.217. The lowest BCUT2D eigenvalue weighted by Gasteiger charge is -2.27. The molecule has 0 saturated carbocycles. The summed E-state index contributed by atoms with van der Waals surface area (Å²) in [6.45, 7) is 5.57. The van der Waals surface area contributed by atoms with Crippen molar-refractivity contribution in [2.75, 3.05) is 5.32 Å². The molecule has 1 atom stereocenters. The highest BCUT2D eigenvalue weighted by atomic mass is 79.9. The lowest BCUT2D eigenvalue weighted by atomic mass is 10.0. The summed E-state index contributed by atoms with van der Waals surface area (Å²) >= 11 is 4.78. The second-order valence-corrected chi connectivity index (χ2v) is 9.75. The molecule has 2 heterocycles. The number of hydrogen-bond acceptors (Lipinski definition) is 5. The predicted molar refractivity (Wildman–Crippen MR) is 124 cm³/mol. The highest BCUT2D eigenvalue weighted by Gasteiger charge is 2.44. The van der Waals surface area contributed by atoms with Gasteiger partial charge in [0.1, 0.15) is 6.04 Å². The van der Waals surface area contributed by atoms with Crippen LogP contribution in [0, 0.1) is 12.8 Å². The first-order valence-electron chi connectivity index (χ1n) is 9.79. The molecule has 0 radical (unpaired) electrons. The summed E-state index contributed by atoms with van der Waals surface area (Å²) in [7, 11) is 0. The van der Waals surface area contributed by atoms with Gasteiger partial charge in [-0.2, -0.15) is 0 Å². The summed E-state index contributed by atoms with van der Waals surface area (Å²) in [5.41, 5.74) is 2.38. The van der Waals surface area contributed by atoms with E-state index in [0.717, 1.165) is 25.5 Å². The highest BCUT2D eigenvalue weighted by molar-refractivity contribution is 9.10. The molecule has 3 amide bonds. The van der Waals surface area contributed by atoms with Crippen molar-refractivity contribution in [2.45, 2.75) is 26.8 Å². The van der Waals surface area contributed by atoms with Crippen molar-refractivity contribution in [3.8, 4) is 11.3 Å². The number of thiazole rings is 1. The first-order chi connectivity index (χ1) is 14.8. The Morgan fingerprint density at radius 1 is 1.03 bits per heavy atom. The summed E-state index contributed by atoms with van der Waals surface area (Å²) < 4.78 is 0.971. The molecule has 3 aromatic rings. The van der Waals surface area contributed by atoms with E-state index < -0.39 is 23.8 Å². The van der Waals surface area contributed by atoms with Crippen LogP contribution >= 0.6 is 27.3 Å². The van der Waals surface area contributed by atoms with Gasteiger partial charge in [-0.1, -0.05) is 54.0 Å².